The van der Waals surface area contributed by atoms with Crippen LogP contribution in [0.1, 0.15) is 73.6 Å². The highest BCUT2D eigenvalue weighted by molar-refractivity contribution is 5.30. The fraction of sp³-hybridized carbons (Fsp3) is 0.900. The van der Waals surface area contributed by atoms with Crippen LogP contribution in [0.5, 0.6) is 0 Å². The van der Waals surface area contributed by atoms with Crippen LogP contribution in [0.15, 0.2) is 11.8 Å². The standard InChI is InChI=1S/C20H34O/c1-14-11-21-12-17-19(5,6)15(2)18(3,4)13-20(14,17)16-9-7-8-10-16/h12,14-16H,7-11,13H2,1-6H3. The molecule has 1 aliphatic heterocycles. The summed E-state index contributed by atoms with van der Waals surface area (Å²) >= 11 is 0. The molecule has 120 valence electrons. The highest BCUT2D eigenvalue weighted by atomic mass is 16.5. The number of ether oxygens (including phenoxy) is 1. The molecule has 0 aromatic heterocycles. The zero-order valence-electron chi connectivity index (χ0n) is 15.0. The molecule has 0 N–H and O–H groups in total. The molecule has 1 heterocycles. The van der Waals surface area contributed by atoms with E-state index >= 15 is 0 Å². The van der Waals surface area contributed by atoms with E-state index in [1.165, 1.54) is 32.1 Å². The van der Waals surface area contributed by atoms with Crippen molar-refractivity contribution in [3.05, 3.63) is 11.8 Å². The summed E-state index contributed by atoms with van der Waals surface area (Å²) in [5, 5.41) is 0. The molecule has 2 fully saturated rings. The lowest BCUT2D eigenvalue weighted by molar-refractivity contribution is -0.0851. The minimum Gasteiger partial charge on any atom is -0.501 e. The molecule has 0 bridgehead atoms. The topological polar surface area (TPSA) is 9.23 Å². The van der Waals surface area contributed by atoms with Gasteiger partial charge in [-0.25, -0.2) is 0 Å². The normalized spacial score (nSPS) is 42.1. The summed E-state index contributed by atoms with van der Waals surface area (Å²) in [4.78, 5) is 0. The Morgan fingerprint density at radius 1 is 1.05 bits per heavy atom. The molecule has 2 aliphatic carbocycles. The average molecular weight is 290 g/mol. The fourth-order valence-corrected chi connectivity index (χ4v) is 6.15. The summed E-state index contributed by atoms with van der Waals surface area (Å²) in [5.74, 6) is 2.24. The molecule has 0 spiro atoms. The third-order valence-corrected chi connectivity index (χ3v) is 7.71. The van der Waals surface area contributed by atoms with Gasteiger partial charge >= 0.3 is 0 Å². The van der Waals surface area contributed by atoms with Crippen molar-refractivity contribution >= 4 is 0 Å². The van der Waals surface area contributed by atoms with Crippen molar-refractivity contribution in [1.29, 1.82) is 0 Å². The van der Waals surface area contributed by atoms with E-state index in [9.17, 15) is 0 Å². The van der Waals surface area contributed by atoms with Gasteiger partial charge in [-0.15, -0.1) is 0 Å². The van der Waals surface area contributed by atoms with Crippen molar-refractivity contribution < 1.29 is 4.74 Å². The maximum atomic E-state index is 5.93. The van der Waals surface area contributed by atoms with E-state index in [-0.39, 0.29) is 5.41 Å². The molecule has 0 saturated heterocycles. The first-order chi connectivity index (χ1) is 9.73. The summed E-state index contributed by atoms with van der Waals surface area (Å²) in [6, 6.07) is 0. The molecule has 21 heavy (non-hydrogen) atoms. The lowest BCUT2D eigenvalue weighted by Gasteiger charge is -2.63. The Hall–Kier alpha value is -0.460. The van der Waals surface area contributed by atoms with Crippen LogP contribution in [-0.4, -0.2) is 6.61 Å². The number of hydrogen-bond acceptors (Lipinski definition) is 1. The maximum Gasteiger partial charge on any atom is 0.0907 e. The van der Waals surface area contributed by atoms with Gasteiger partial charge in [0, 0.05) is 5.41 Å². The maximum absolute atomic E-state index is 5.93. The first-order valence-corrected chi connectivity index (χ1v) is 9.05. The highest BCUT2D eigenvalue weighted by Crippen LogP contribution is 2.68. The Morgan fingerprint density at radius 2 is 1.67 bits per heavy atom. The first-order valence-electron chi connectivity index (χ1n) is 9.05. The zero-order chi connectivity index (χ0) is 15.5. The van der Waals surface area contributed by atoms with Crippen molar-refractivity contribution in [2.24, 2.45) is 34.0 Å². The van der Waals surface area contributed by atoms with Crippen LogP contribution < -0.4 is 0 Å². The minimum atomic E-state index is 0.249. The van der Waals surface area contributed by atoms with Crippen LogP contribution in [0.2, 0.25) is 0 Å². The second kappa shape index (κ2) is 4.77. The Balaban J connectivity index is 2.15. The largest absolute Gasteiger partial charge is 0.501 e. The smallest absolute Gasteiger partial charge is 0.0907 e. The molecule has 0 aromatic rings. The van der Waals surface area contributed by atoms with E-state index in [0.29, 0.717) is 22.7 Å². The molecule has 1 nitrogen and oxygen atoms in total. The highest BCUT2D eigenvalue weighted by Gasteiger charge is 2.61. The van der Waals surface area contributed by atoms with Gasteiger partial charge in [-0.3, -0.25) is 0 Å². The van der Waals surface area contributed by atoms with Crippen molar-refractivity contribution in [2.45, 2.75) is 73.6 Å². The van der Waals surface area contributed by atoms with Gasteiger partial charge in [-0.05, 0) is 53.4 Å². The average Bonchev–Trinajstić information content (AvgIpc) is 2.92. The number of rotatable bonds is 1. The van der Waals surface area contributed by atoms with Crippen molar-refractivity contribution in [3.63, 3.8) is 0 Å². The summed E-state index contributed by atoms with van der Waals surface area (Å²) in [6.45, 7) is 15.8. The zero-order valence-corrected chi connectivity index (χ0v) is 15.0. The lowest BCUT2D eigenvalue weighted by atomic mass is 9.42. The summed E-state index contributed by atoms with van der Waals surface area (Å²) < 4.78 is 5.93. The predicted octanol–water partition coefficient (Wildman–Crippen LogP) is 5.81. The summed E-state index contributed by atoms with van der Waals surface area (Å²) in [5.41, 5.74) is 2.70. The number of allylic oxidation sites excluding steroid dienone is 1. The van der Waals surface area contributed by atoms with Crippen molar-refractivity contribution in [2.75, 3.05) is 6.61 Å². The van der Waals surface area contributed by atoms with E-state index in [1.54, 1.807) is 5.57 Å². The van der Waals surface area contributed by atoms with Crippen LogP contribution in [0, 0.1) is 34.0 Å². The second-order valence-corrected chi connectivity index (χ2v) is 9.40. The second-order valence-electron chi connectivity index (χ2n) is 9.40. The van der Waals surface area contributed by atoms with Crippen LogP contribution in [0.25, 0.3) is 0 Å². The molecular weight excluding hydrogens is 256 g/mol. The molecule has 0 radical (unpaired) electrons. The molecule has 3 unspecified atom stereocenters. The van der Waals surface area contributed by atoms with Gasteiger partial charge in [0.25, 0.3) is 0 Å². The Bertz CT molecular complexity index is 439. The third kappa shape index (κ3) is 2.02. The van der Waals surface area contributed by atoms with E-state index < -0.39 is 0 Å². The van der Waals surface area contributed by atoms with E-state index in [4.69, 9.17) is 4.74 Å². The van der Waals surface area contributed by atoms with E-state index in [0.717, 1.165) is 12.5 Å². The number of fused-ring (bicyclic) bond motifs is 1. The van der Waals surface area contributed by atoms with Gasteiger partial charge in [0.2, 0.25) is 0 Å². The predicted molar refractivity (Wildman–Crippen MR) is 88.9 cm³/mol. The van der Waals surface area contributed by atoms with Crippen LogP contribution in [0.3, 0.4) is 0 Å². The Morgan fingerprint density at radius 3 is 2.29 bits per heavy atom. The monoisotopic (exact) mass is 290 g/mol. The Kier molecular flexibility index (Phi) is 3.50. The molecular formula is C20H34O. The van der Waals surface area contributed by atoms with Crippen LogP contribution >= 0.6 is 0 Å². The third-order valence-electron chi connectivity index (χ3n) is 7.71. The van der Waals surface area contributed by atoms with Gasteiger partial charge in [0.05, 0.1) is 12.9 Å². The van der Waals surface area contributed by atoms with Crippen molar-refractivity contribution in [1.82, 2.24) is 0 Å². The van der Waals surface area contributed by atoms with E-state index in [1.807, 2.05) is 0 Å². The number of hydrogen-bond donors (Lipinski definition) is 0. The summed E-state index contributed by atoms with van der Waals surface area (Å²) in [7, 11) is 0. The fourth-order valence-electron chi connectivity index (χ4n) is 6.15. The van der Waals surface area contributed by atoms with Crippen LogP contribution in [-0.2, 0) is 4.74 Å². The van der Waals surface area contributed by atoms with Gasteiger partial charge in [0.1, 0.15) is 0 Å². The van der Waals surface area contributed by atoms with E-state index in [2.05, 4.69) is 47.8 Å². The van der Waals surface area contributed by atoms with Crippen LogP contribution in [0.4, 0.5) is 0 Å². The first kappa shape index (κ1) is 15.4. The molecule has 3 rings (SSSR count). The molecule has 3 atom stereocenters. The van der Waals surface area contributed by atoms with Gasteiger partial charge in [0.15, 0.2) is 0 Å². The quantitative estimate of drug-likeness (QED) is 0.592. The van der Waals surface area contributed by atoms with Gasteiger partial charge in [-0.2, -0.15) is 0 Å². The van der Waals surface area contributed by atoms with Crippen molar-refractivity contribution in [3.8, 4) is 0 Å². The van der Waals surface area contributed by atoms with Gasteiger partial charge in [-0.1, -0.05) is 54.4 Å². The summed E-state index contributed by atoms with van der Waals surface area (Å²) in [6.07, 6.45) is 9.27. The van der Waals surface area contributed by atoms with Gasteiger partial charge < -0.3 is 4.74 Å². The lowest BCUT2D eigenvalue weighted by Crippen LogP contribution is -2.56. The molecule has 2 saturated carbocycles. The Labute approximate surface area is 131 Å². The molecule has 3 aliphatic rings. The molecule has 0 amide bonds. The SMILES string of the molecule is CC1C(C)(C)CC2(C3CCCC3)C(=COCC2C)C1(C)C. The molecule has 0 aromatic carbocycles. The molecule has 1 heteroatoms. The minimum absolute atomic E-state index is 0.249.